The average Bonchev–Trinajstić information content (AvgIpc) is 2.40. The first-order chi connectivity index (χ1) is 8.66. The van der Waals surface area contributed by atoms with E-state index in [1.54, 1.807) is 4.90 Å². The van der Waals surface area contributed by atoms with E-state index in [0.717, 1.165) is 38.8 Å². The van der Waals surface area contributed by atoms with Crippen molar-refractivity contribution in [2.75, 3.05) is 26.2 Å². The second-order valence-corrected chi connectivity index (χ2v) is 4.97. The number of amides is 1. The number of hydroxylamine groups is 2. The second-order valence-electron chi connectivity index (χ2n) is 4.97. The Labute approximate surface area is 106 Å². The molecule has 102 valence electrons. The van der Waals surface area contributed by atoms with Gasteiger partial charge in [0.1, 0.15) is 0 Å². The number of hydrogen-bond donors (Lipinski definition) is 1. The Morgan fingerprint density at radius 1 is 1.06 bits per heavy atom. The van der Waals surface area contributed by atoms with E-state index in [1.165, 1.54) is 5.06 Å². The van der Waals surface area contributed by atoms with E-state index in [-0.39, 0.29) is 6.09 Å². The Balaban J connectivity index is 1.81. The van der Waals surface area contributed by atoms with Gasteiger partial charge in [0.2, 0.25) is 0 Å². The maximum Gasteiger partial charge on any atom is 0.428 e. The summed E-state index contributed by atoms with van der Waals surface area (Å²) in [5.41, 5.74) is 0. The van der Waals surface area contributed by atoms with Gasteiger partial charge in [-0.3, -0.25) is 4.79 Å². The molecule has 0 spiro atoms. The van der Waals surface area contributed by atoms with Crippen molar-refractivity contribution < 1.29 is 19.5 Å². The van der Waals surface area contributed by atoms with E-state index in [0.29, 0.717) is 19.5 Å². The summed E-state index contributed by atoms with van der Waals surface area (Å²) >= 11 is 0. The Morgan fingerprint density at radius 3 is 2.44 bits per heavy atom. The molecule has 1 unspecified atom stereocenters. The minimum Gasteiger partial charge on any atom is -0.481 e. The Bertz CT molecular complexity index is 315. The maximum absolute atomic E-state index is 11.9. The Kier molecular flexibility index (Phi) is 4.41. The van der Waals surface area contributed by atoms with Crippen LogP contribution in [0, 0.1) is 5.92 Å². The first-order valence-corrected chi connectivity index (χ1v) is 6.61. The molecule has 0 bridgehead atoms. The van der Waals surface area contributed by atoms with Crippen LogP contribution >= 0.6 is 0 Å². The summed E-state index contributed by atoms with van der Waals surface area (Å²) in [5.74, 6) is -1.23. The van der Waals surface area contributed by atoms with Crippen molar-refractivity contribution in [2.24, 2.45) is 5.92 Å². The minimum atomic E-state index is -0.811. The average molecular weight is 256 g/mol. The molecule has 1 amide bonds. The first-order valence-electron chi connectivity index (χ1n) is 6.61. The predicted molar refractivity (Wildman–Crippen MR) is 63.8 cm³/mol. The van der Waals surface area contributed by atoms with Crippen LogP contribution in [0.15, 0.2) is 0 Å². The zero-order valence-electron chi connectivity index (χ0n) is 10.5. The highest BCUT2D eigenvalue weighted by atomic mass is 16.7. The number of rotatable bonds is 2. The van der Waals surface area contributed by atoms with E-state index < -0.39 is 11.9 Å². The van der Waals surface area contributed by atoms with Gasteiger partial charge < -0.3 is 14.8 Å². The van der Waals surface area contributed by atoms with Crippen molar-refractivity contribution in [1.82, 2.24) is 9.96 Å². The fourth-order valence-electron chi connectivity index (χ4n) is 2.47. The third-order valence-electron chi connectivity index (χ3n) is 3.55. The van der Waals surface area contributed by atoms with Gasteiger partial charge in [-0.2, -0.15) is 0 Å². The molecule has 2 aliphatic heterocycles. The van der Waals surface area contributed by atoms with Crippen molar-refractivity contribution >= 4 is 12.1 Å². The topological polar surface area (TPSA) is 70.1 Å². The number of aliphatic carboxylic acids is 1. The fourth-order valence-corrected chi connectivity index (χ4v) is 2.47. The van der Waals surface area contributed by atoms with Crippen LogP contribution in [0.4, 0.5) is 4.79 Å². The third kappa shape index (κ3) is 3.35. The lowest BCUT2D eigenvalue weighted by Crippen LogP contribution is -2.44. The molecule has 0 saturated carbocycles. The fraction of sp³-hybridized carbons (Fsp3) is 0.833. The van der Waals surface area contributed by atoms with Crippen LogP contribution < -0.4 is 0 Å². The number of carbonyl (C=O) groups excluding carboxylic acids is 1. The SMILES string of the molecule is O=C(O)C1CCCN(OC(=O)N2CCCCC2)C1. The number of piperidine rings is 2. The monoisotopic (exact) mass is 256 g/mol. The van der Waals surface area contributed by atoms with E-state index in [9.17, 15) is 9.59 Å². The summed E-state index contributed by atoms with van der Waals surface area (Å²) in [6, 6.07) is 0. The molecule has 2 aliphatic rings. The molecule has 2 heterocycles. The van der Waals surface area contributed by atoms with Crippen molar-refractivity contribution in [2.45, 2.75) is 32.1 Å². The molecule has 1 N–H and O–H groups in total. The quantitative estimate of drug-likeness (QED) is 0.807. The Hall–Kier alpha value is -1.30. The van der Waals surface area contributed by atoms with Gasteiger partial charge in [-0.05, 0) is 32.1 Å². The van der Waals surface area contributed by atoms with Crippen LogP contribution in [-0.2, 0) is 9.63 Å². The molecule has 2 saturated heterocycles. The molecule has 18 heavy (non-hydrogen) atoms. The smallest absolute Gasteiger partial charge is 0.428 e. The molecule has 0 aromatic rings. The Morgan fingerprint density at radius 2 is 1.78 bits per heavy atom. The van der Waals surface area contributed by atoms with Crippen molar-refractivity contribution in [3.05, 3.63) is 0 Å². The zero-order chi connectivity index (χ0) is 13.0. The zero-order valence-corrected chi connectivity index (χ0v) is 10.5. The van der Waals surface area contributed by atoms with Crippen LogP contribution in [-0.4, -0.2) is 53.3 Å². The highest BCUT2D eigenvalue weighted by molar-refractivity contribution is 5.70. The molecule has 6 nitrogen and oxygen atoms in total. The third-order valence-corrected chi connectivity index (χ3v) is 3.55. The minimum absolute atomic E-state index is 0.301. The van der Waals surface area contributed by atoms with Gasteiger partial charge in [0.05, 0.1) is 5.92 Å². The van der Waals surface area contributed by atoms with Crippen molar-refractivity contribution in [3.63, 3.8) is 0 Å². The molecule has 0 aromatic heterocycles. The summed E-state index contributed by atoms with van der Waals surface area (Å²) in [4.78, 5) is 29.7. The number of nitrogens with zero attached hydrogens (tertiary/aromatic N) is 2. The van der Waals surface area contributed by atoms with E-state index >= 15 is 0 Å². The highest BCUT2D eigenvalue weighted by Crippen LogP contribution is 2.18. The van der Waals surface area contributed by atoms with Gasteiger partial charge >= 0.3 is 12.1 Å². The van der Waals surface area contributed by atoms with Crippen LogP contribution in [0.2, 0.25) is 0 Å². The van der Waals surface area contributed by atoms with Gasteiger partial charge in [-0.25, -0.2) is 4.79 Å². The summed E-state index contributed by atoms with van der Waals surface area (Å²) in [7, 11) is 0. The molecule has 2 rings (SSSR count). The summed E-state index contributed by atoms with van der Waals surface area (Å²) in [6.45, 7) is 2.42. The molecule has 2 fully saturated rings. The van der Waals surface area contributed by atoms with Gasteiger partial charge in [-0.1, -0.05) is 0 Å². The lowest BCUT2D eigenvalue weighted by atomic mass is 10.00. The van der Waals surface area contributed by atoms with Crippen LogP contribution in [0.1, 0.15) is 32.1 Å². The number of carboxylic acids is 1. The van der Waals surface area contributed by atoms with Gasteiger partial charge in [0.25, 0.3) is 0 Å². The molecule has 6 heteroatoms. The number of likely N-dealkylation sites (tertiary alicyclic amines) is 1. The number of hydrogen-bond acceptors (Lipinski definition) is 4. The molecular formula is C12H20N2O4. The highest BCUT2D eigenvalue weighted by Gasteiger charge is 2.29. The van der Waals surface area contributed by atoms with E-state index in [1.807, 2.05) is 0 Å². The van der Waals surface area contributed by atoms with Crippen LogP contribution in [0.5, 0.6) is 0 Å². The van der Waals surface area contributed by atoms with Crippen molar-refractivity contribution in [3.8, 4) is 0 Å². The standard InChI is InChI=1S/C12H20N2O4/c15-11(16)10-5-4-8-14(9-10)18-12(17)13-6-2-1-3-7-13/h10H,1-9H2,(H,15,16). The summed E-state index contributed by atoms with van der Waals surface area (Å²) in [5, 5.41) is 10.5. The molecule has 0 aromatic carbocycles. The second kappa shape index (κ2) is 6.04. The van der Waals surface area contributed by atoms with E-state index in [2.05, 4.69) is 0 Å². The summed E-state index contributed by atoms with van der Waals surface area (Å²) < 4.78 is 0. The molecule has 1 atom stereocenters. The molecule has 0 aliphatic carbocycles. The predicted octanol–water partition coefficient (Wildman–Crippen LogP) is 1.32. The van der Waals surface area contributed by atoms with Crippen LogP contribution in [0.25, 0.3) is 0 Å². The normalized spacial score (nSPS) is 25.8. The van der Waals surface area contributed by atoms with Crippen LogP contribution in [0.3, 0.4) is 0 Å². The first kappa shape index (κ1) is 13.1. The maximum atomic E-state index is 11.9. The number of carbonyl (C=O) groups is 2. The van der Waals surface area contributed by atoms with Gasteiger partial charge in [0.15, 0.2) is 0 Å². The van der Waals surface area contributed by atoms with Gasteiger partial charge in [0, 0.05) is 26.2 Å². The largest absolute Gasteiger partial charge is 0.481 e. The molecule has 0 radical (unpaired) electrons. The lowest BCUT2D eigenvalue weighted by Gasteiger charge is -2.32. The number of carboxylic acid groups (broad SMARTS) is 1. The van der Waals surface area contributed by atoms with Gasteiger partial charge in [-0.15, -0.1) is 5.06 Å². The lowest BCUT2D eigenvalue weighted by molar-refractivity contribution is -0.160. The van der Waals surface area contributed by atoms with Crippen molar-refractivity contribution in [1.29, 1.82) is 0 Å². The summed E-state index contributed by atoms with van der Waals surface area (Å²) in [6.07, 6.45) is 4.28. The molecular weight excluding hydrogens is 236 g/mol. The van der Waals surface area contributed by atoms with E-state index in [4.69, 9.17) is 9.94 Å².